The van der Waals surface area contributed by atoms with Crippen LogP contribution in [0.15, 0.2) is 55.0 Å². The molecule has 3 rings (SSSR count). The predicted octanol–water partition coefficient (Wildman–Crippen LogP) is 2.75. The van der Waals surface area contributed by atoms with E-state index < -0.39 is 0 Å². The number of hydrogen-bond acceptors (Lipinski definition) is 3. The maximum absolute atomic E-state index is 11.7. The number of rotatable bonds is 3. The van der Waals surface area contributed by atoms with Gasteiger partial charge >= 0.3 is 6.03 Å². The maximum atomic E-state index is 11.7. The molecule has 0 aliphatic rings. The zero-order valence-electron chi connectivity index (χ0n) is 11.1. The summed E-state index contributed by atoms with van der Waals surface area (Å²) in [4.78, 5) is 23.1. The molecule has 0 atom stereocenters. The number of amides is 2. The van der Waals surface area contributed by atoms with Gasteiger partial charge < -0.3 is 10.3 Å². The number of urea groups is 1. The molecule has 0 unspecified atom stereocenters. The van der Waals surface area contributed by atoms with Gasteiger partial charge in [0.05, 0.1) is 6.20 Å². The zero-order chi connectivity index (χ0) is 14.5. The van der Waals surface area contributed by atoms with Crippen LogP contribution in [0.25, 0.3) is 17.2 Å². The molecule has 0 saturated heterocycles. The van der Waals surface area contributed by atoms with Crippen LogP contribution < -0.4 is 10.6 Å². The van der Waals surface area contributed by atoms with E-state index in [0.29, 0.717) is 17.0 Å². The van der Waals surface area contributed by atoms with Crippen LogP contribution in [0.2, 0.25) is 0 Å². The number of fused-ring (bicyclic) bond motifs is 1. The molecule has 0 aliphatic carbocycles. The Hall–Kier alpha value is -3.15. The first kappa shape index (κ1) is 12.9. The van der Waals surface area contributed by atoms with Crippen molar-refractivity contribution in [3.63, 3.8) is 0 Å². The van der Waals surface area contributed by atoms with E-state index >= 15 is 0 Å². The van der Waals surface area contributed by atoms with E-state index in [2.05, 4.69) is 25.6 Å². The number of hydrogen-bond donors (Lipinski definition) is 3. The number of aromatic amines is 1. The number of nitrogens with zero attached hydrogens (tertiary/aromatic N) is 2. The van der Waals surface area contributed by atoms with Gasteiger partial charge in [0.25, 0.3) is 0 Å². The molecule has 0 aliphatic heterocycles. The number of aromatic nitrogens is 3. The minimum Gasteiger partial charge on any atom is -0.345 e. The molecule has 104 valence electrons. The van der Waals surface area contributed by atoms with Crippen molar-refractivity contribution < 1.29 is 4.79 Å². The standard InChI is InChI=1S/C15H13N5O/c21-15(17-8-6-11-4-2-1-3-5-11)20-13-10-18-14-12(19-13)7-9-16-14/h1-10H,(H,16,18)(H2,17,19,20,21). The monoisotopic (exact) mass is 279 g/mol. The topological polar surface area (TPSA) is 82.7 Å². The summed E-state index contributed by atoms with van der Waals surface area (Å²) in [6.07, 6.45) is 6.63. The predicted molar refractivity (Wildman–Crippen MR) is 81.5 cm³/mol. The second-order valence-corrected chi connectivity index (χ2v) is 4.31. The van der Waals surface area contributed by atoms with Gasteiger partial charge in [0, 0.05) is 12.4 Å². The number of nitrogens with one attached hydrogen (secondary N) is 3. The van der Waals surface area contributed by atoms with Crippen molar-refractivity contribution in [1.29, 1.82) is 0 Å². The van der Waals surface area contributed by atoms with Crippen LogP contribution in [0.4, 0.5) is 10.6 Å². The molecule has 0 bridgehead atoms. The van der Waals surface area contributed by atoms with E-state index in [4.69, 9.17) is 0 Å². The van der Waals surface area contributed by atoms with Crippen LogP contribution in [-0.4, -0.2) is 21.0 Å². The van der Waals surface area contributed by atoms with Crippen molar-refractivity contribution in [1.82, 2.24) is 20.3 Å². The number of H-pyrrole nitrogens is 1. The molecular formula is C15H13N5O. The summed E-state index contributed by atoms with van der Waals surface area (Å²) >= 11 is 0. The van der Waals surface area contributed by atoms with Gasteiger partial charge in [-0.25, -0.2) is 14.8 Å². The van der Waals surface area contributed by atoms with Gasteiger partial charge in [-0.1, -0.05) is 30.3 Å². The van der Waals surface area contributed by atoms with Gasteiger partial charge in [0.2, 0.25) is 0 Å². The molecule has 2 aromatic heterocycles. The van der Waals surface area contributed by atoms with Gasteiger partial charge in [-0.3, -0.25) is 5.32 Å². The van der Waals surface area contributed by atoms with Crippen molar-refractivity contribution in [2.75, 3.05) is 5.32 Å². The molecule has 3 aromatic rings. The van der Waals surface area contributed by atoms with Crippen molar-refractivity contribution in [2.24, 2.45) is 0 Å². The van der Waals surface area contributed by atoms with Crippen LogP contribution in [-0.2, 0) is 0 Å². The number of carbonyl (C=O) groups excluding carboxylic acids is 1. The molecule has 3 N–H and O–H groups in total. The molecule has 6 nitrogen and oxygen atoms in total. The first-order chi connectivity index (χ1) is 10.3. The summed E-state index contributed by atoms with van der Waals surface area (Å²) in [7, 11) is 0. The lowest BCUT2D eigenvalue weighted by Gasteiger charge is -2.03. The summed E-state index contributed by atoms with van der Waals surface area (Å²) in [6.45, 7) is 0. The van der Waals surface area contributed by atoms with Crippen molar-refractivity contribution in [3.8, 4) is 0 Å². The van der Waals surface area contributed by atoms with Crippen molar-refractivity contribution >= 4 is 29.1 Å². The Morgan fingerprint density at radius 2 is 2.05 bits per heavy atom. The van der Waals surface area contributed by atoms with E-state index in [0.717, 1.165) is 5.56 Å². The lowest BCUT2D eigenvalue weighted by atomic mass is 10.2. The quantitative estimate of drug-likeness (QED) is 0.689. The third kappa shape index (κ3) is 3.24. The van der Waals surface area contributed by atoms with Crippen LogP contribution in [0.3, 0.4) is 0 Å². The smallest absolute Gasteiger partial charge is 0.324 e. The zero-order valence-corrected chi connectivity index (χ0v) is 11.1. The average molecular weight is 279 g/mol. The van der Waals surface area contributed by atoms with Crippen molar-refractivity contribution in [2.45, 2.75) is 0 Å². The Labute approximate surface area is 120 Å². The number of benzene rings is 1. The first-order valence-electron chi connectivity index (χ1n) is 6.40. The molecule has 1 aromatic carbocycles. The molecule has 0 saturated carbocycles. The molecule has 21 heavy (non-hydrogen) atoms. The summed E-state index contributed by atoms with van der Waals surface area (Å²) in [6, 6.07) is 11.1. The fourth-order valence-corrected chi connectivity index (χ4v) is 1.82. The SMILES string of the molecule is O=C(NC=Cc1ccccc1)Nc1cnc2[nH]ccc2n1. The summed E-state index contributed by atoms with van der Waals surface area (Å²) in [5.74, 6) is 0.396. The second kappa shape index (κ2) is 5.87. The second-order valence-electron chi connectivity index (χ2n) is 4.31. The minimum absolute atomic E-state index is 0.369. The van der Waals surface area contributed by atoms with Gasteiger partial charge in [-0.05, 0) is 17.7 Å². The van der Waals surface area contributed by atoms with E-state index in [-0.39, 0.29) is 6.03 Å². The van der Waals surface area contributed by atoms with Gasteiger partial charge in [-0.2, -0.15) is 0 Å². The molecule has 0 spiro atoms. The normalized spacial score (nSPS) is 10.9. The minimum atomic E-state index is -0.369. The van der Waals surface area contributed by atoms with Gasteiger partial charge in [-0.15, -0.1) is 0 Å². The van der Waals surface area contributed by atoms with Gasteiger partial charge in [0.15, 0.2) is 11.5 Å². The summed E-state index contributed by atoms with van der Waals surface area (Å²) in [5.41, 5.74) is 2.39. The highest BCUT2D eigenvalue weighted by molar-refractivity contribution is 5.90. The lowest BCUT2D eigenvalue weighted by molar-refractivity contribution is 0.255. The molecule has 2 heterocycles. The Bertz CT molecular complexity index is 779. The van der Waals surface area contributed by atoms with E-state index in [9.17, 15) is 4.79 Å². The van der Waals surface area contributed by atoms with E-state index in [1.165, 1.54) is 6.20 Å². The lowest BCUT2D eigenvalue weighted by Crippen LogP contribution is -2.24. The Balaban J connectivity index is 1.60. The van der Waals surface area contributed by atoms with E-state index in [1.807, 2.05) is 30.3 Å². The fraction of sp³-hybridized carbons (Fsp3) is 0. The van der Waals surface area contributed by atoms with Gasteiger partial charge in [0.1, 0.15) is 5.52 Å². The Morgan fingerprint density at radius 3 is 2.90 bits per heavy atom. The van der Waals surface area contributed by atoms with Crippen LogP contribution in [0.5, 0.6) is 0 Å². The molecule has 2 amide bonds. The van der Waals surface area contributed by atoms with Crippen LogP contribution in [0, 0.1) is 0 Å². The molecule has 6 heteroatoms. The Kier molecular flexibility index (Phi) is 3.60. The summed E-state index contributed by atoms with van der Waals surface area (Å²) < 4.78 is 0. The third-order valence-corrected chi connectivity index (χ3v) is 2.79. The maximum Gasteiger partial charge on any atom is 0.324 e. The first-order valence-corrected chi connectivity index (χ1v) is 6.40. The largest absolute Gasteiger partial charge is 0.345 e. The number of carbonyl (C=O) groups is 1. The van der Waals surface area contributed by atoms with Crippen LogP contribution in [0.1, 0.15) is 5.56 Å². The average Bonchev–Trinajstić information content (AvgIpc) is 2.96. The number of anilines is 1. The molecule has 0 fully saturated rings. The van der Waals surface area contributed by atoms with Crippen LogP contribution >= 0.6 is 0 Å². The summed E-state index contributed by atoms with van der Waals surface area (Å²) in [5, 5.41) is 5.24. The highest BCUT2D eigenvalue weighted by atomic mass is 16.2. The van der Waals surface area contributed by atoms with E-state index in [1.54, 1.807) is 24.5 Å². The Morgan fingerprint density at radius 1 is 1.19 bits per heavy atom. The molecule has 0 radical (unpaired) electrons. The highest BCUT2D eigenvalue weighted by Gasteiger charge is 2.03. The molecular weight excluding hydrogens is 266 g/mol. The highest BCUT2D eigenvalue weighted by Crippen LogP contribution is 2.09. The fourth-order valence-electron chi connectivity index (χ4n) is 1.82. The third-order valence-electron chi connectivity index (χ3n) is 2.79. The van der Waals surface area contributed by atoms with Crippen molar-refractivity contribution in [3.05, 3.63) is 60.6 Å².